The Balaban J connectivity index is 1.67. The van der Waals surface area contributed by atoms with Gasteiger partial charge in [-0.25, -0.2) is 0 Å². The molecule has 1 aliphatic heterocycles. The van der Waals surface area contributed by atoms with Crippen molar-refractivity contribution in [2.24, 2.45) is 0 Å². The summed E-state index contributed by atoms with van der Waals surface area (Å²) in [5.41, 5.74) is 0. The van der Waals surface area contributed by atoms with Gasteiger partial charge in [-0.3, -0.25) is 4.79 Å². The standard InChI is InChI=1S/C15H27NO3/c17-14-8-3-1-2-7-13(14)16-15(18)10-9-12-6-4-5-11-19-12/h12-14,17H,1-11H2,(H,16,18). The smallest absolute Gasteiger partial charge is 0.220 e. The first-order chi connectivity index (χ1) is 9.25. The number of hydrogen-bond acceptors (Lipinski definition) is 3. The van der Waals surface area contributed by atoms with E-state index in [2.05, 4.69) is 5.32 Å². The Morgan fingerprint density at radius 2 is 1.89 bits per heavy atom. The van der Waals surface area contributed by atoms with Crippen molar-refractivity contribution in [2.75, 3.05) is 6.61 Å². The Labute approximate surface area is 115 Å². The SMILES string of the molecule is O=C(CCC1CCCCO1)NC1CCCCCC1O. The third-order valence-corrected chi connectivity index (χ3v) is 4.29. The number of nitrogens with one attached hydrogen (secondary N) is 1. The molecule has 3 unspecified atom stereocenters. The molecule has 2 N–H and O–H groups in total. The van der Waals surface area contributed by atoms with Gasteiger partial charge in [0.25, 0.3) is 0 Å². The molecule has 0 aromatic rings. The Hall–Kier alpha value is -0.610. The normalized spacial score (nSPS) is 32.6. The van der Waals surface area contributed by atoms with Crippen LogP contribution in [0.2, 0.25) is 0 Å². The number of carbonyl (C=O) groups is 1. The molecule has 0 aromatic heterocycles. The van der Waals surface area contributed by atoms with Crippen molar-refractivity contribution >= 4 is 5.91 Å². The van der Waals surface area contributed by atoms with Crippen LogP contribution in [0.5, 0.6) is 0 Å². The molecule has 4 heteroatoms. The number of carbonyl (C=O) groups excluding carboxylic acids is 1. The first-order valence-corrected chi connectivity index (χ1v) is 7.85. The maximum absolute atomic E-state index is 11.9. The van der Waals surface area contributed by atoms with Crippen molar-refractivity contribution in [1.82, 2.24) is 5.32 Å². The molecule has 19 heavy (non-hydrogen) atoms. The van der Waals surface area contributed by atoms with Crippen LogP contribution in [0.4, 0.5) is 0 Å². The van der Waals surface area contributed by atoms with Crippen LogP contribution in [-0.4, -0.2) is 35.9 Å². The molecule has 2 fully saturated rings. The van der Waals surface area contributed by atoms with Crippen LogP contribution in [0, 0.1) is 0 Å². The van der Waals surface area contributed by atoms with Crippen LogP contribution < -0.4 is 5.32 Å². The Morgan fingerprint density at radius 1 is 1.11 bits per heavy atom. The van der Waals surface area contributed by atoms with Gasteiger partial charge in [0.05, 0.1) is 18.2 Å². The van der Waals surface area contributed by atoms with Crippen LogP contribution in [0.25, 0.3) is 0 Å². The van der Waals surface area contributed by atoms with Crippen LogP contribution in [0.1, 0.15) is 64.2 Å². The number of ether oxygens (including phenoxy) is 1. The number of aliphatic hydroxyl groups excluding tert-OH is 1. The molecule has 0 spiro atoms. The summed E-state index contributed by atoms with van der Waals surface area (Å²) >= 11 is 0. The number of rotatable bonds is 4. The summed E-state index contributed by atoms with van der Waals surface area (Å²) in [4.78, 5) is 11.9. The van der Waals surface area contributed by atoms with Crippen LogP contribution in [0.15, 0.2) is 0 Å². The fourth-order valence-electron chi connectivity index (χ4n) is 3.06. The molecule has 0 bridgehead atoms. The lowest BCUT2D eigenvalue weighted by Crippen LogP contribution is -2.42. The van der Waals surface area contributed by atoms with E-state index in [1.807, 2.05) is 0 Å². The summed E-state index contributed by atoms with van der Waals surface area (Å²) in [5, 5.41) is 13.0. The van der Waals surface area contributed by atoms with Crippen molar-refractivity contribution in [3.05, 3.63) is 0 Å². The predicted octanol–water partition coefficient (Wildman–Crippen LogP) is 2.15. The second kappa shape index (κ2) is 7.85. The third kappa shape index (κ3) is 5.11. The monoisotopic (exact) mass is 269 g/mol. The summed E-state index contributed by atoms with van der Waals surface area (Å²) in [7, 11) is 0. The van der Waals surface area contributed by atoms with E-state index < -0.39 is 0 Å². The van der Waals surface area contributed by atoms with Gasteiger partial charge < -0.3 is 15.2 Å². The molecule has 4 nitrogen and oxygen atoms in total. The minimum absolute atomic E-state index is 0.0396. The average Bonchev–Trinajstić information content (AvgIpc) is 2.63. The molecular weight excluding hydrogens is 242 g/mol. The van der Waals surface area contributed by atoms with E-state index in [1.165, 1.54) is 12.8 Å². The van der Waals surface area contributed by atoms with E-state index in [-0.39, 0.29) is 24.2 Å². The average molecular weight is 269 g/mol. The number of aliphatic hydroxyl groups is 1. The molecular formula is C15H27NO3. The fourth-order valence-corrected chi connectivity index (χ4v) is 3.06. The lowest BCUT2D eigenvalue weighted by Gasteiger charge is -2.24. The van der Waals surface area contributed by atoms with E-state index in [9.17, 15) is 9.90 Å². The predicted molar refractivity (Wildman–Crippen MR) is 73.8 cm³/mol. The highest BCUT2D eigenvalue weighted by molar-refractivity contribution is 5.76. The molecule has 2 aliphatic rings. The summed E-state index contributed by atoms with van der Waals surface area (Å²) in [5.74, 6) is 0.0696. The van der Waals surface area contributed by atoms with Gasteiger partial charge in [0, 0.05) is 13.0 Å². The number of amides is 1. The van der Waals surface area contributed by atoms with Crippen molar-refractivity contribution < 1.29 is 14.6 Å². The third-order valence-electron chi connectivity index (χ3n) is 4.29. The molecule has 0 aromatic carbocycles. The molecule has 1 aliphatic carbocycles. The highest BCUT2D eigenvalue weighted by Crippen LogP contribution is 2.19. The van der Waals surface area contributed by atoms with E-state index in [1.54, 1.807) is 0 Å². The summed E-state index contributed by atoms with van der Waals surface area (Å²) < 4.78 is 5.63. The molecule has 110 valence electrons. The van der Waals surface area contributed by atoms with Gasteiger partial charge in [0.15, 0.2) is 0 Å². The molecule has 3 atom stereocenters. The molecule has 0 radical (unpaired) electrons. The number of hydrogen-bond donors (Lipinski definition) is 2. The van der Waals surface area contributed by atoms with E-state index in [4.69, 9.17) is 4.74 Å². The summed E-state index contributed by atoms with van der Waals surface area (Å²) in [6, 6.07) is -0.0396. The molecule has 1 heterocycles. The summed E-state index contributed by atoms with van der Waals surface area (Å²) in [6.45, 7) is 0.841. The summed E-state index contributed by atoms with van der Waals surface area (Å²) in [6.07, 6.45) is 9.75. The minimum Gasteiger partial charge on any atom is -0.391 e. The quantitative estimate of drug-likeness (QED) is 0.769. The van der Waals surface area contributed by atoms with Crippen LogP contribution >= 0.6 is 0 Å². The second-order valence-electron chi connectivity index (χ2n) is 5.91. The zero-order valence-electron chi connectivity index (χ0n) is 11.8. The second-order valence-corrected chi connectivity index (χ2v) is 5.91. The van der Waals surface area contributed by atoms with Crippen molar-refractivity contribution in [3.63, 3.8) is 0 Å². The van der Waals surface area contributed by atoms with Gasteiger partial charge in [-0.2, -0.15) is 0 Å². The van der Waals surface area contributed by atoms with E-state index in [0.717, 1.165) is 51.6 Å². The highest BCUT2D eigenvalue weighted by Gasteiger charge is 2.23. The lowest BCUT2D eigenvalue weighted by atomic mass is 10.0. The van der Waals surface area contributed by atoms with Crippen LogP contribution in [-0.2, 0) is 9.53 Å². The van der Waals surface area contributed by atoms with Crippen molar-refractivity contribution in [1.29, 1.82) is 0 Å². The highest BCUT2D eigenvalue weighted by atomic mass is 16.5. The Morgan fingerprint density at radius 3 is 2.68 bits per heavy atom. The van der Waals surface area contributed by atoms with E-state index in [0.29, 0.717) is 6.42 Å². The van der Waals surface area contributed by atoms with Gasteiger partial charge in [0.2, 0.25) is 5.91 Å². The minimum atomic E-state index is -0.364. The fraction of sp³-hybridized carbons (Fsp3) is 0.933. The lowest BCUT2D eigenvalue weighted by molar-refractivity contribution is -0.123. The van der Waals surface area contributed by atoms with Gasteiger partial charge in [-0.1, -0.05) is 19.3 Å². The van der Waals surface area contributed by atoms with Crippen LogP contribution in [0.3, 0.4) is 0 Å². The molecule has 1 saturated carbocycles. The molecule has 2 rings (SSSR count). The molecule has 1 saturated heterocycles. The maximum atomic E-state index is 11.9. The van der Waals surface area contributed by atoms with Gasteiger partial charge in [-0.15, -0.1) is 0 Å². The Kier molecular flexibility index (Phi) is 6.11. The largest absolute Gasteiger partial charge is 0.391 e. The van der Waals surface area contributed by atoms with Gasteiger partial charge in [0.1, 0.15) is 0 Å². The van der Waals surface area contributed by atoms with Crippen molar-refractivity contribution in [2.45, 2.75) is 82.5 Å². The zero-order chi connectivity index (χ0) is 13.5. The first kappa shape index (κ1) is 14.8. The zero-order valence-corrected chi connectivity index (χ0v) is 11.8. The van der Waals surface area contributed by atoms with E-state index >= 15 is 0 Å². The van der Waals surface area contributed by atoms with Gasteiger partial charge >= 0.3 is 0 Å². The topological polar surface area (TPSA) is 58.6 Å². The maximum Gasteiger partial charge on any atom is 0.220 e. The van der Waals surface area contributed by atoms with Gasteiger partial charge in [-0.05, 0) is 38.5 Å². The first-order valence-electron chi connectivity index (χ1n) is 7.85. The Bertz CT molecular complexity index is 277. The van der Waals surface area contributed by atoms with Crippen molar-refractivity contribution in [3.8, 4) is 0 Å². The molecule has 1 amide bonds.